The Morgan fingerprint density at radius 1 is 1.10 bits per heavy atom. The number of nitriles is 1. The lowest BCUT2D eigenvalue weighted by molar-refractivity contribution is 0.0254. The van der Waals surface area contributed by atoms with E-state index in [1.165, 1.54) is 11.9 Å². The minimum absolute atomic E-state index is 0.0711. The first-order chi connectivity index (χ1) is 15.1. The van der Waals surface area contributed by atoms with Gasteiger partial charge in [-0.2, -0.15) is 10.2 Å². The van der Waals surface area contributed by atoms with Crippen LogP contribution in [-0.2, 0) is 4.74 Å². The Morgan fingerprint density at radius 3 is 2.58 bits per heavy atom. The minimum Gasteiger partial charge on any atom is -0.489 e. The van der Waals surface area contributed by atoms with Gasteiger partial charge in [-0.1, -0.05) is 26.0 Å². The van der Waals surface area contributed by atoms with E-state index in [0.717, 1.165) is 24.1 Å². The van der Waals surface area contributed by atoms with E-state index in [1.54, 1.807) is 6.07 Å². The third-order valence-corrected chi connectivity index (χ3v) is 5.23. The summed E-state index contributed by atoms with van der Waals surface area (Å²) in [5.41, 5.74) is 3.37. The van der Waals surface area contributed by atoms with Crippen molar-refractivity contribution in [3.63, 3.8) is 0 Å². The van der Waals surface area contributed by atoms with E-state index in [9.17, 15) is 5.26 Å². The van der Waals surface area contributed by atoms with Gasteiger partial charge in [-0.05, 0) is 41.8 Å². The zero-order valence-corrected chi connectivity index (χ0v) is 17.7. The second-order valence-electron chi connectivity index (χ2n) is 7.79. The molecule has 0 aliphatic carbocycles. The smallest absolute Gasteiger partial charge is 0.230 e. The fraction of sp³-hybridized carbons (Fsp3) is 0.333. The number of nitrogens with zero attached hydrogens (tertiary/aromatic N) is 4. The van der Waals surface area contributed by atoms with Gasteiger partial charge in [0.05, 0.1) is 18.8 Å². The number of aromatic nitrogens is 3. The van der Waals surface area contributed by atoms with Crippen LogP contribution in [0.4, 0.5) is 11.6 Å². The van der Waals surface area contributed by atoms with Crippen LogP contribution in [-0.4, -0.2) is 34.3 Å². The van der Waals surface area contributed by atoms with Crippen LogP contribution in [0.5, 0.6) is 5.75 Å². The van der Waals surface area contributed by atoms with Crippen LogP contribution in [0.3, 0.4) is 0 Å². The highest BCUT2D eigenvalue weighted by Crippen LogP contribution is 2.27. The first-order valence-corrected chi connectivity index (χ1v) is 10.5. The molecule has 7 nitrogen and oxygen atoms in total. The number of anilines is 2. The standard InChI is InChI=1S/C24H25N5O2/c1-16(2)17-3-6-20(7-4-17)28-24-27-15-26-23(29-24)18-5-8-22(19(13-18)14-25)31-21-9-11-30-12-10-21/h3-8,13,15-16,21H,9-12H2,1-2H3,(H,26,27,28,29). The number of hydrogen-bond acceptors (Lipinski definition) is 7. The number of nitrogens with one attached hydrogen (secondary N) is 1. The quantitative estimate of drug-likeness (QED) is 0.616. The summed E-state index contributed by atoms with van der Waals surface area (Å²) in [6.07, 6.45) is 3.19. The Labute approximate surface area is 182 Å². The van der Waals surface area contributed by atoms with Crippen molar-refractivity contribution in [3.05, 3.63) is 59.9 Å². The Hall–Kier alpha value is -3.50. The topological polar surface area (TPSA) is 93.0 Å². The fourth-order valence-corrected chi connectivity index (χ4v) is 3.41. The summed E-state index contributed by atoms with van der Waals surface area (Å²) < 4.78 is 11.4. The van der Waals surface area contributed by atoms with Crippen molar-refractivity contribution in [1.82, 2.24) is 15.0 Å². The highest BCUT2D eigenvalue weighted by Gasteiger charge is 2.18. The molecule has 1 N–H and O–H groups in total. The third kappa shape index (κ3) is 5.16. The molecule has 0 bridgehead atoms. The van der Waals surface area contributed by atoms with E-state index in [1.807, 2.05) is 24.3 Å². The zero-order chi connectivity index (χ0) is 21.6. The van der Waals surface area contributed by atoms with Crippen LogP contribution < -0.4 is 10.1 Å². The SMILES string of the molecule is CC(C)c1ccc(Nc2ncnc(-c3ccc(OC4CCOCC4)c(C#N)c3)n2)cc1. The molecule has 7 heteroatoms. The van der Waals surface area contributed by atoms with Crippen molar-refractivity contribution in [3.8, 4) is 23.2 Å². The lowest BCUT2D eigenvalue weighted by Gasteiger charge is -2.23. The van der Waals surface area contributed by atoms with E-state index in [2.05, 4.69) is 52.3 Å². The minimum atomic E-state index is 0.0711. The van der Waals surface area contributed by atoms with E-state index in [4.69, 9.17) is 9.47 Å². The van der Waals surface area contributed by atoms with Gasteiger partial charge in [-0.25, -0.2) is 9.97 Å². The number of rotatable bonds is 6. The second-order valence-corrected chi connectivity index (χ2v) is 7.79. The monoisotopic (exact) mass is 415 g/mol. The number of ether oxygens (including phenoxy) is 2. The Bertz CT molecular complexity index is 1070. The highest BCUT2D eigenvalue weighted by molar-refractivity contribution is 5.63. The van der Waals surface area contributed by atoms with Crippen LogP contribution in [0.1, 0.15) is 43.7 Å². The summed E-state index contributed by atoms with van der Waals surface area (Å²) in [5.74, 6) is 2.00. The van der Waals surface area contributed by atoms with E-state index in [0.29, 0.717) is 42.2 Å². The van der Waals surface area contributed by atoms with Gasteiger partial charge in [-0.3, -0.25) is 0 Å². The summed E-state index contributed by atoms with van der Waals surface area (Å²) in [6.45, 7) is 5.70. The van der Waals surface area contributed by atoms with Crippen LogP contribution in [0.15, 0.2) is 48.8 Å². The molecule has 1 aromatic heterocycles. The third-order valence-electron chi connectivity index (χ3n) is 5.23. The van der Waals surface area contributed by atoms with Gasteiger partial charge in [0.1, 0.15) is 24.3 Å². The van der Waals surface area contributed by atoms with Gasteiger partial charge in [0, 0.05) is 24.1 Å². The van der Waals surface area contributed by atoms with Gasteiger partial charge in [0.25, 0.3) is 0 Å². The number of hydrogen-bond donors (Lipinski definition) is 1. The Morgan fingerprint density at radius 2 is 1.87 bits per heavy atom. The van der Waals surface area contributed by atoms with Crippen LogP contribution >= 0.6 is 0 Å². The molecule has 0 saturated carbocycles. The first kappa shape index (κ1) is 20.8. The molecule has 0 unspecified atom stereocenters. The molecule has 0 atom stereocenters. The molecule has 158 valence electrons. The maximum absolute atomic E-state index is 9.61. The van der Waals surface area contributed by atoms with E-state index < -0.39 is 0 Å². The Kier molecular flexibility index (Phi) is 6.39. The van der Waals surface area contributed by atoms with Crippen LogP contribution in [0.2, 0.25) is 0 Å². The summed E-state index contributed by atoms with van der Waals surface area (Å²) >= 11 is 0. The van der Waals surface area contributed by atoms with Crippen molar-refractivity contribution in [2.24, 2.45) is 0 Å². The molecule has 2 heterocycles. The van der Waals surface area contributed by atoms with Crippen molar-refractivity contribution >= 4 is 11.6 Å². The van der Waals surface area contributed by atoms with Crippen molar-refractivity contribution < 1.29 is 9.47 Å². The van der Waals surface area contributed by atoms with Gasteiger partial charge in [0.15, 0.2) is 5.82 Å². The van der Waals surface area contributed by atoms with Crippen molar-refractivity contribution in [2.45, 2.75) is 38.7 Å². The molecule has 0 radical (unpaired) electrons. The van der Waals surface area contributed by atoms with Gasteiger partial charge < -0.3 is 14.8 Å². The maximum atomic E-state index is 9.61. The lowest BCUT2D eigenvalue weighted by Crippen LogP contribution is -2.26. The largest absolute Gasteiger partial charge is 0.489 e. The van der Waals surface area contributed by atoms with Crippen LogP contribution in [0, 0.1) is 11.3 Å². The maximum Gasteiger partial charge on any atom is 0.230 e. The summed E-state index contributed by atoms with van der Waals surface area (Å²) in [4.78, 5) is 13.0. The molecular weight excluding hydrogens is 390 g/mol. The molecule has 4 rings (SSSR count). The van der Waals surface area contributed by atoms with Crippen molar-refractivity contribution in [2.75, 3.05) is 18.5 Å². The lowest BCUT2D eigenvalue weighted by atomic mass is 10.0. The molecule has 2 aromatic carbocycles. The summed E-state index contributed by atoms with van der Waals surface area (Å²) in [7, 11) is 0. The molecule has 3 aromatic rings. The van der Waals surface area contributed by atoms with E-state index in [-0.39, 0.29) is 6.10 Å². The normalized spacial score (nSPS) is 14.3. The van der Waals surface area contributed by atoms with Crippen LogP contribution in [0.25, 0.3) is 11.4 Å². The Balaban J connectivity index is 1.52. The average molecular weight is 415 g/mol. The highest BCUT2D eigenvalue weighted by atomic mass is 16.5. The summed E-state index contributed by atoms with van der Waals surface area (Å²) in [6, 6.07) is 15.8. The van der Waals surface area contributed by atoms with E-state index >= 15 is 0 Å². The van der Waals surface area contributed by atoms with Gasteiger partial charge in [-0.15, -0.1) is 0 Å². The molecule has 1 aliphatic heterocycles. The molecular formula is C24H25N5O2. The van der Waals surface area contributed by atoms with Gasteiger partial charge in [0.2, 0.25) is 5.95 Å². The first-order valence-electron chi connectivity index (χ1n) is 10.5. The molecule has 31 heavy (non-hydrogen) atoms. The molecule has 0 spiro atoms. The fourth-order valence-electron chi connectivity index (χ4n) is 3.41. The second kappa shape index (κ2) is 9.54. The zero-order valence-electron chi connectivity index (χ0n) is 17.7. The molecule has 1 fully saturated rings. The average Bonchev–Trinajstić information content (AvgIpc) is 2.80. The molecule has 0 amide bonds. The molecule has 1 aliphatic rings. The predicted molar refractivity (Wildman–Crippen MR) is 118 cm³/mol. The number of benzene rings is 2. The molecule has 1 saturated heterocycles. The predicted octanol–water partition coefficient (Wildman–Crippen LogP) is 4.84. The summed E-state index contributed by atoms with van der Waals surface area (Å²) in [5, 5.41) is 12.8. The van der Waals surface area contributed by atoms with Crippen molar-refractivity contribution in [1.29, 1.82) is 5.26 Å². The van der Waals surface area contributed by atoms with Gasteiger partial charge >= 0.3 is 0 Å².